The Morgan fingerprint density at radius 1 is 1.11 bits per heavy atom. The minimum Gasteiger partial charge on any atom is -0.390 e. The second kappa shape index (κ2) is 6.68. The average Bonchev–Trinajstić information content (AvgIpc) is 2.75. The molecule has 1 unspecified atom stereocenters. The molecule has 1 N–H and O–H groups in total. The van der Waals surface area contributed by atoms with E-state index in [9.17, 15) is 9.90 Å². The molecule has 0 spiro atoms. The molecule has 0 aromatic rings. The zero-order valence-corrected chi connectivity index (χ0v) is 12.2. The van der Waals surface area contributed by atoms with Gasteiger partial charge in [0.25, 0.3) is 0 Å². The van der Waals surface area contributed by atoms with Gasteiger partial charge < -0.3 is 10.0 Å². The van der Waals surface area contributed by atoms with Gasteiger partial charge in [-0.05, 0) is 20.3 Å². The van der Waals surface area contributed by atoms with Gasteiger partial charge in [0.05, 0.1) is 6.10 Å². The van der Waals surface area contributed by atoms with Crippen LogP contribution >= 0.6 is 0 Å². The van der Waals surface area contributed by atoms with Crippen LogP contribution in [0.1, 0.15) is 26.7 Å². The van der Waals surface area contributed by atoms with Crippen molar-refractivity contribution in [3.05, 3.63) is 0 Å². The van der Waals surface area contributed by atoms with E-state index in [4.69, 9.17) is 0 Å². The van der Waals surface area contributed by atoms with Crippen LogP contribution in [0, 0.1) is 0 Å². The van der Waals surface area contributed by atoms with Gasteiger partial charge in [0, 0.05) is 58.3 Å². The molecule has 2 fully saturated rings. The summed E-state index contributed by atoms with van der Waals surface area (Å²) in [5.41, 5.74) is 0. The Kier molecular flexibility index (Phi) is 5.19. The topological polar surface area (TPSA) is 47.0 Å². The third kappa shape index (κ3) is 4.16. The molecule has 2 aliphatic rings. The smallest absolute Gasteiger partial charge is 0.222 e. The van der Waals surface area contributed by atoms with E-state index in [-0.39, 0.29) is 5.91 Å². The van der Waals surface area contributed by atoms with Crippen LogP contribution in [0.3, 0.4) is 0 Å². The van der Waals surface area contributed by atoms with Gasteiger partial charge in [0.15, 0.2) is 0 Å². The molecule has 0 aromatic heterocycles. The summed E-state index contributed by atoms with van der Waals surface area (Å²) in [6.07, 6.45) is 1.19. The van der Waals surface area contributed by atoms with Crippen LogP contribution in [0.2, 0.25) is 0 Å². The molecule has 2 heterocycles. The molecule has 2 rings (SSSR count). The SMILES string of the molecule is CC(C)N1CCN(CC(O)CN2CCCC2=O)CC1. The minimum atomic E-state index is -0.410. The Hall–Kier alpha value is -0.650. The summed E-state index contributed by atoms with van der Waals surface area (Å²) in [4.78, 5) is 18.1. The highest BCUT2D eigenvalue weighted by Crippen LogP contribution is 2.11. The number of carbonyl (C=O) groups excluding carboxylic acids is 1. The third-order valence-corrected chi connectivity index (χ3v) is 4.21. The predicted molar refractivity (Wildman–Crippen MR) is 75.0 cm³/mol. The molecule has 5 nitrogen and oxygen atoms in total. The molecule has 110 valence electrons. The van der Waals surface area contributed by atoms with Gasteiger partial charge in [-0.1, -0.05) is 0 Å². The summed E-state index contributed by atoms with van der Waals surface area (Å²) < 4.78 is 0. The van der Waals surface area contributed by atoms with Crippen LogP contribution in [-0.4, -0.2) is 83.7 Å². The Morgan fingerprint density at radius 3 is 2.32 bits per heavy atom. The van der Waals surface area contributed by atoms with Crippen LogP contribution in [-0.2, 0) is 4.79 Å². The van der Waals surface area contributed by atoms with Crippen LogP contribution in [0.5, 0.6) is 0 Å². The van der Waals surface area contributed by atoms with Crippen LogP contribution in [0.25, 0.3) is 0 Å². The van der Waals surface area contributed by atoms with E-state index in [0.29, 0.717) is 25.6 Å². The first-order valence-corrected chi connectivity index (χ1v) is 7.48. The van der Waals surface area contributed by atoms with E-state index in [1.54, 1.807) is 4.90 Å². The summed E-state index contributed by atoms with van der Waals surface area (Å²) in [5, 5.41) is 10.1. The number of hydrogen-bond donors (Lipinski definition) is 1. The van der Waals surface area contributed by atoms with Crippen LogP contribution < -0.4 is 0 Å². The Bertz CT molecular complexity index is 301. The first kappa shape index (κ1) is 14.8. The van der Waals surface area contributed by atoms with Crippen molar-refractivity contribution < 1.29 is 9.90 Å². The number of aliphatic hydroxyl groups is 1. The van der Waals surface area contributed by atoms with E-state index in [1.807, 2.05) is 0 Å². The Morgan fingerprint density at radius 2 is 1.79 bits per heavy atom. The highest BCUT2D eigenvalue weighted by molar-refractivity contribution is 5.78. The molecule has 19 heavy (non-hydrogen) atoms. The monoisotopic (exact) mass is 269 g/mol. The molecular formula is C14H27N3O2. The second-order valence-electron chi connectivity index (χ2n) is 6.03. The van der Waals surface area contributed by atoms with Gasteiger partial charge in [-0.15, -0.1) is 0 Å². The van der Waals surface area contributed by atoms with Gasteiger partial charge in [-0.2, -0.15) is 0 Å². The lowest BCUT2D eigenvalue weighted by molar-refractivity contribution is -0.129. The normalized spacial score (nSPS) is 24.4. The van der Waals surface area contributed by atoms with Crippen molar-refractivity contribution in [1.29, 1.82) is 0 Å². The Balaban J connectivity index is 1.68. The van der Waals surface area contributed by atoms with Crippen LogP contribution in [0.4, 0.5) is 0 Å². The third-order valence-electron chi connectivity index (χ3n) is 4.21. The number of rotatable bonds is 5. The molecule has 1 amide bonds. The number of hydrogen-bond acceptors (Lipinski definition) is 4. The fourth-order valence-electron chi connectivity index (χ4n) is 2.97. The summed E-state index contributed by atoms with van der Waals surface area (Å²) in [6.45, 7) is 10.6. The number of likely N-dealkylation sites (tertiary alicyclic amines) is 1. The van der Waals surface area contributed by atoms with Gasteiger partial charge >= 0.3 is 0 Å². The molecule has 0 bridgehead atoms. The van der Waals surface area contributed by atoms with Gasteiger partial charge in [0.2, 0.25) is 5.91 Å². The highest BCUT2D eigenvalue weighted by Gasteiger charge is 2.25. The maximum absolute atomic E-state index is 11.5. The maximum atomic E-state index is 11.5. The lowest BCUT2D eigenvalue weighted by Gasteiger charge is -2.38. The predicted octanol–water partition coefficient (Wildman–Crippen LogP) is -0.00430. The van der Waals surface area contributed by atoms with E-state index in [0.717, 1.165) is 39.1 Å². The van der Waals surface area contributed by atoms with Gasteiger partial charge in [0.1, 0.15) is 0 Å². The second-order valence-corrected chi connectivity index (χ2v) is 6.03. The molecule has 0 radical (unpaired) electrons. The van der Waals surface area contributed by atoms with Crippen molar-refractivity contribution in [2.45, 2.75) is 38.8 Å². The van der Waals surface area contributed by atoms with E-state index < -0.39 is 6.10 Å². The molecule has 1 atom stereocenters. The summed E-state index contributed by atoms with van der Waals surface area (Å²) in [5.74, 6) is 0.198. The average molecular weight is 269 g/mol. The molecule has 0 saturated carbocycles. The van der Waals surface area contributed by atoms with Crippen molar-refractivity contribution in [2.75, 3.05) is 45.8 Å². The van der Waals surface area contributed by atoms with E-state index >= 15 is 0 Å². The Labute approximate surface area is 116 Å². The van der Waals surface area contributed by atoms with Crippen molar-refractivity contribution in [3.8, 4) is 0 Å². The first-order valence-electron chi connectivity index (χ1n) is 7.48. The quantitative estimate of drug-likeness (QED) is 0.763. The maximum Gasteiger partial charge on any atom is 0.222 e. The summed E-state index contributed by atoms with van der Waals surface area (Å²) in [6, 6.07) is 0.606. The number of carbonyl (C=O) groups is 1. The number of piperazine rings is 1. The van der Waals surface area contributed by atoms with Gasteiger partial charge in [-0.25, -0.2) is 0 Å². The standard InChI is InChI=1S/C14H27N3O2/c1-12(2)16-8-6-15(7-9-16)10-13(18)11-17-5-3-4-14(17)19/h12-13,18H,3-11H2,1-2H3. The van der Waals surface area contributed by atoms with E-state index in [2.05, 4.69) is 23.6 Å². The fourth-order valence-corrected chi connectivity index (χ4v) is 2.97. The molecule has 0 aromatic carbocycles. The zero-order chi connectivity index (χ0) is 13.8. The number of aliphatic hydroxyl groups excluding tert-OH is 1. The first-order chi connectivity index (χ1) is 9.06. The number of β-amino-alcohol motifs (C(OH)–C–C–N with tert-alkyl or cyclic N) is 1. The molecular weight excluding hydrogens is 242 g/mol. The zero-order valence-electron chi connectivity index (χ0n) is 12.2. The highest BCUT2D eigenvalue weighted by atomic mass is 16.3. The molecule has 2 saturated heterocycles. The number of amides is 1. The lowest BCUT2D eigenvalue weighted by atomic mass is 10.2. The lowest BCUT2D eigenvalue weighted by Crippen LogP contribution is -2.51. The van der Waals surface area contributed by atoms with Gasteiger partial charge in [-0.3, -0.25) is 14.6 Å². The van der Waals surface area contributed by atoms with Crippen molar-refractivity contribution in [2.24, 2.45) is 0 Å². The van der Waals surface area contributed by atoms with Crippen LogP contribution in [0.15, 0.2) is 0 Å². The van der Waals surface area contributed by atoms with Crippen molar-refractivity contribution in [1.82, 2.24) is 14.7 Å². The minimum absolute atomic E-state index is 0.198. The summed E-state index contributed by atoms with van der Waals surface area (Å²) in [7, 11) is 0. The molecule has 2 aliphatic heterocycles. The summed E-state index contributed by atoms with van der Waals surface area (Å²) >= 11 is 0. The van der Waals surface area contributed by atoms with Crippen molar-refractivity contribution >= 4 is 5.91 Å². The number of nitrogens with zero attached hydrogens (tertiary/aromatic N) is 3. The molecule has 0 aliphatic carbocycles. The molecule has 5 heteroatoms. The largest absolute Gasteiger partial charge is 0.390 e. The van der Waals surface area contributed by atoms with E-state index in [1.165, 1.54) is 0 Å². The fraction of sp³-hybridized carbons (Fsp3) is 0.929. The van der Waals surface area contributed by atoms with Crippen molar-refractivity contribution in [3.63, 3.8) is 0 Å².